The number of methoxy groups -OCH3 is 1. The van der Waals surface area contributed by atoms with Gasteiger partial charge in [-0.2, -0.15) is 0 Å². The third kappa shape index (κ3) is 4.17. The number of carbonyl (C=O) groups is 1. The van der Waals surface area contributed by atoms with Crippen molar-refractivity contribution in [3.8, 4) is 0 Å². The molecule has 6 nitrogen and oxygen atoms in total. The van der Waals surface area contributed by atoms with Crippen LogP contribution < -0.4 is 5.32 Å². The van der Waals surface area contributed by atoms with E-state index in [0.717, 1.165) is 0 Å². The zero-order valence-corrected chi connectivity index (χ0v) is 12.0. The second kappa shape index (κ2) is 5.97. The van der Waals surface area contributed by atoms with Gasteiger partial charge < -0.3 is 15.2 Å². The van der Waals surface area contributed by atoms with Gasteiger partial charge in [0.05, 0.1) is 19.8 Å². The lowest BCUT2D eigenvalue weighted by Gasteiger charge is -2.29. The molecule has 0 aliphatic carbocycles. The Morgan fingerprint density at radius 2 is 2.11 bits per heavy atom. The first kappa shape index (κ1) is 15.4. The molecule has 0 bridgehead atoms. The molecule has 19 heavy (non-hydrogen) atoms. The van der Waals surface area contributed by atoms with Gasteiger partial charge in [0.15, 0.2) is 5.69 Å². The van der Waals surface area contributed by atoms with Gasteiger partial charge in [-0.25, -0.2) is 14.8 Å². The van der Waals surface area contributed by atoms with Crippen LogP contribution in [-0.4, -0.2) is 40.8 Å². The van der Waals surface area contributed by atoms with E-state index in [0.29, 0.717) is 11.6 Å². The average molecular weight is 267 g/mol. The van der Waals surface area contributed by atoms with E-state index in [2.05, 4.69) is 20.0 Å². The molecule has 0 unspecified atom stereocenters. The van der Waals surface area contributed by atoms with Gasteiger partial charge in [0.1, 0.15) is 0 Å². The number of nitrogens with zero attached hydrogens (tertiary/aromatic N) is 2. The van der Waals surface area contributed by atoms with Crippen molar-refractivity contribution in [1.29, 1.82) is 0 Å². The van der Waals surface area contributed by atoms with Crippen LogP contribution in [0.3, 0.4) is 0 Å². The highest BCUT2D eigenvalue weighted by Gasteiger charge is 2.25. The molecule has 1 atom stereocenters. The maximum Gasteiger partial charge on any atom is 0.356 e. The predicted molar refractivity (Wildman–Crippen MR) is 72.1 cm³/mol. The number of carbonyl (C=O) groups excluding carboxylic acids is 1. The number of ether oxygens (including phenoxy) is 1. The van der Waals surface area contributed by atoms with E-state index in [1.54, 1.807) is 13.0 Å². The largest absolute Gasteiger partial charge is 0.464 e. The Kier molecular flexibility index (Phi) is 4.83. The van der Waals surface area contributed by atoms with E-state index in [1.165, 1.54) is 7.11 Å². The quantitative estimate of drug-likeness (QED) is 0.802. The average Bonchev–Trinajstić information content (AvgIpc) is 2.32. The number of aromatic nitrogens is 2. The summed E-state index contributed by atoms with van der Waals surface area (Å²) >= 11 is 0. The Balaban J connectivity index is 3.01. The molecule has 0 fully saturated rings. The molecular weight excluding hydrogens is 246 g/mol. The number of aliphatic hydroxyl groups excluding tert-OH is 1. The normalized spacial score (nSPS) is 12.9. The molecule has 1 rings (SSSR count). The fourth-order valence-corrected chi connectivity index (χ4v) is 1.53. The number of nitrogens with one attached hydrogen (secondary N) is 1. The number of hydrogen-bond acceptors (Lipinski definition) is 6. The molecule has 0 aliphatic rings. The maximum absolute atomic E-state index is 11.5. The topological polar surface area (TPSA) is 84.3 Å². The van der Waals surface area contributed by atoms with Crippen molar-refractivity contribution in [2.75, 3.05) is 19.0 Å². The monoisotopic (exact) mass is 267 g/mol. The van der Waals surface area contributed by atoms with E-state index < -0.39 is 5.97 Å². The van der Waals surface area contributed by atoms with Crippen molar-refractivity contribution in [3.05, 3.63) is 17.5 Å². The number of hydrogen-bond donors (Lipinski definition) is 2. The third-order valence-electron chi connectivity index (χ3n) is 2.78. The van der Waals surface area contributed by atoms with E-state index >= 15 is 0 Å². The lowest BCUT2D eigenvalue weighted by molar-refractivity contribution is 0.0594. The first-order valence-electron chi connectivity index (χ1n) is 6.09. The van der Waals surface area contributed by atoms with Crippen molar-refractivity contribution in [2.24, 2.45) is 5.41 Å². The minimum atomic E-state index is -0.509. The molecular formula is C13H21N3O3. The van der Waals surface area contributed by atoms with Crippen LogP contribution in [0.15, 0.2) is 6.07 Å². The van der Waals surface area contributed by atoms with E-state index in [-0.39, 0.29) is 23.8 Å². The van der Waals surface area contributed by atoms with Crippen LogP contribution in [0.5, 0.6) is 0 Å². The molecule has 0 aliphatic heterocycles. The summed E-state index contributed by atoms with van der Waals surface area (Å²) in [6, 6.07) is 1.35. The first-order valence-corrected chi connectivity index (χ1v) is 6.09. The van der Waals surface area contributed by atoms with Gasteiger partial charge in [-0.15, -0.1) is 0 Å². The van der Waals surface area contributed by atoms with Crippen LogP contribution in [0.1, 0.15) is 37.0 Å². The minimum absolute atomic E-state index is 0.0473. The van der Waals surface area contributed by atoms with Crippen molar-refractivity contribution in [1.82, 2.24) is 9.97 Å². The van der Waals surface area contributed by atoms with E-state index in [1.807, 2.05) is 20.8 Å². The Morgan fingerprint density at radius 3 is 2.58 bits per heavy atom. The Morgan fingerprint density at radius 1 is 1.47 bits per heavy atom. The minimum Gasteiger partial charge on any atom is -0.464 e. The molecule has 1 aromatic heterocycles. The highest BCUT2D eigenvalue weighted by atomic mass is 16.5. The van der Waals surface area contributed by atoms with Crippen molar-refractivity contribution in [2.45, 2.75) is 33.7 Å². The number of aliphatic hydroxyl groups is 1. The summed E-state index contributed by atoms with van der Waals surface area (Å²) in [5, 5.41) is 12.5. The summed E-state index contributed by atoms with van der Waals surface area (Å²) in [5.74, 6) is -0.195. The van der Waals surface area contributed by atoms with Crippen LogP contribution in [0.25, 0.3) is 0 Å². The summed E-state index contributed by atoms with van der Waals surface area (Å²) in [6.45, 7) is 7.71. The van der Waals surface area contributed by atoms with Gasteiger partial charge >= 0.3 is 5.97 Å². The highest BCUT2D eigenvalue weighted by Crippen LogP contribution is 2.21. The first-order chi connectivity index (χ1) is 8.77. The van der Waals surface area contributed by atoms with Crippen LogP contribution >= 0.6 is 0 Å². The number of esters is 1. The Hall–Kier alpha value is -1.69. The summed E-state index contributed by atoms with van der Waals surface area (Å²) in [7, 11) is 1.30. The van der Waals surface area contributed by atoms with Crippen molar-refractivity contribution in [3.63, 3.8) is 0 Å². The smallest absolute Gasteiger partial charge is 0.356 e. The molecule has 1 aromatic rings. The van der Waals surface area contributed by atoms with E-state index in [9.17, 15) is 9.90 Å². The molecule has 0 saturated heterocycles. The molecule has 0 amide bonds. The standard InChI is InChI=1S/C13H21N3O3/c1-8-6-9(11(18)19-5)15-12(14-8)16-10(7-17)13(2,3)4/h6,10,17H,7H2,1-5H3,(H,14,15,16)/t10-/m1/s1. The molecule has 0 radical (unpaired) electrons. The molecule has 1 heterocycles. The predicted octanol–water partition coefficient (Wildman–Crippen LogP) is 1.39. The molecule has 0 aromatic carbocycles. The molecule has 106 valence electrons. The summed E-state index contributed by atoms with van der Waals surface area (Å²) < 4.78 is 4.64. The molecule has 6 heteroatoms. The van der Waals surface area contributed by atoms with Gasteiger partial charge in [-0.05, 0) is 18.4 Å². The van der Waals surface area contributed by atoms with Crippen LogP contribution in [0.4, 0.5) is 5.95 Å². The maximum atomic E-state index is 11.5. The Bertz CT molecular complexity index is 455. The van der Waals surface area contributed by atoms with Crippen LogP contribution in [-0.2, 0) is 4.74 Å². The van der Waals surface area contributed by atoms with Crippen molar-refractivity contribution < 1.29 is 14.6 Å². The SMILES string of the molecule is COC(=O)c1cc(C)nc(N[C@H](CO)C(C)(C)C)n1. The molecule has 0 saturated carbocycles. The fourth-order valence-electron chi connectivity index (χ4n) is 1.53. The van der Waals surface area contributed by atoms with Crippen LogP contribution in [0, 0.1) is 12.3 Å². The summed E-state index contributed by atoms with van der Waals surface area (Å²) in [5.41, 5.74) is 0.694. The summed E-state index contributed by atoms with van der Waals surface area (Å²) in [6.07, 6.45) is 0. The lowest BCUT2D eigenvalue weighted by atomic mass is 9.87. The number of anilines is 1. The van der Waals surface area contributed by atoms with Crippen molar-refractivity contribution >= 4 is 11.9 Å². The zero-order valence-electron chi connectivity index (χ0n) is 12.0. The van der Waals surface area contributed by atoms with Gasteiger partial charge in [0.25, 0.3) is 0 Å². The van der Waals surface area contributed by atoms with Crippen LogP contribution in [0.2, 0.25) is 0 Å². The van der Waals surface area contributed by atoms with Gasteiger partial charge in [0.2, 0.25) is 5.95 Å². The second-order valence-corrected chi connectivity index (χ2v) is 5.46. The highest BCUT2D eigenvalue weighted by molar-refractivity contribution is 5.87. The Labute approximate surface area is 113 Å². The summed E-state index contributed by atoms with van der Waals surface area (Å²) in [4.78, 5) is 19.8. The lowest BCUT2D eigenvalue weighted by Crippen LogP contribution is -2.38. The fraction of sp³-hybridized carbons (Fsp3) is 0.615. The van der Waals surface area contributed by atoms with Gasteiger partial charge in [-0.1, -0.05) is 20.8 Å². The zero-order chi connectivity index (χ0) is 14.6. The number of aryl methyl sites for hydroxylation is 1. The number of rotatable bonds is 4. The van der Waals surface area contributed by atoms with E-state index in [4.69, 9.17) is 0 Å². The molecule has 0 spiro atoms. The third-order valence-corrected chi connectivity index (χ3v) is 2.78. The molecule has 2 N–H and O–H groups in total. The van der Waals surface area contributed by atoms with Gasteiger partial charge in [0, 0.05) is 5.69 Å². The van der Waals surface area contributed by atoms with Gasteiger partial charge in [-0.3, -0.25) is 0 Å². The second-order valence-electron chi connectivity index (χ2n) is 5.46.